The lowest BCUT2D eigenvalue weighted by molar-refractivity contribution is -0.140. The molecular formula is C27H33ClF3N3O5S. The van der Waals surface area contributed by atoms with Gasteiger partial charge in [0.1, 0.15) is 18.3 Å². The zero-order valence-corrected chi connectivity index (χ0v) is 24.1. The summed E-state index contributed by atoms with van der Waals surface area (Å²) < 4.78 is 71.7. The van der Waals surface area contributed by atoms with Crippen molar-refractivity contribution in [1.82, 2.24) is 10.2 Å². The van der Waals surface area contributed by atoms with Gasteiger partial charge in [-0.3, -0.25) is 13.9 Å². The van der Waals surface area contributed by atoms with Crippen LogP contribution in [0.25, 0.3) is 0 Å². The summed E-state index contributed by atoms with van der Waals surface area (Å²) in [4.78, 5) is 28.3. The van der Waals surface area contributed by atoms with Crippen molar-refractivity contribution >= 4 is 39.1 Å². The van der Waals surface area contributed by atoms with E-state index < -0.39 is 45.3 Å². The molecule has 40 heavy (non-hydrogen) atoms. The molecule has 220 valence electrons. The van der Waals surface area contributed by atoms with Gasteiger partial charge in [0.05, 0.1) is 29.6 Å². The molecule has 0 radical (unpaired) electrons. The maximum absolute atomic E-state index is 13.8. The number of hydrogen-bond acceptors (Lipinski definition) is 5. The van der Waals surface area contributed by atoms with Crippen LogP contribution < -0.4 is 14.4 Å². The number of anilines is 1. The molecule has 1 N–H and O–H groups in total. The molecule has 13 heteroatoms. The summed E-state index contributed by atoms with van der Waals surface area (Å²) in [5, 5.41) is 2.39. The minimum atomic E-state index is -4.84. The predicted octanol–water partition coefficient (Wildman–Crippen LogP) is 5.00. The second-order valence-electron chi connectivity index (χ2n) is 9.72. The Morgan fingerprint density at radius 3 is 2.27 bits per heavy atom. The number of nitrogens with one attached hydrogen (secondary N) is 1. The quantitative estimate of drug-likeness (QED) is 0.390. The van der Waals surface area contributed by atoms with Crippen LogP contribution in [-0.4, -0.2) is 57.1 Å². The van der Waals surface area contributed by atoms with Crippen LogP contribution in [0, 0.1) is 0 Å². The predicted molar refractivity (Wildman–Crippen MR) is 147 cm³/mol. The lowest BCUT2D eigenvalue weighted by atomic mass is 10.1. The molecule has 2 aromatic rings. The maximum atomic E-state index is 13.8. The van der Waals surface area contributed by atoms with Gasteiger partial charge in [-0.2, -0.15) is 13.2 Å². The van der Waals surface area contributed by atoms with Crippen LogP contribution in [0.5, 0.6) is 5.75 Å². The fourth-order valence-corrected chi connectivity index (χ4v) is 5.78. The van der Waals surface area contributed by atoms with E-state index in [0.717, 1.165) is 44.1 Å². The normalized spacial score (nSPS) is 15.0. The number of ether oxygens (including phenoxy) is 1. The SMILES string of the molecule is CC[C@H](C(=O)NC1CCCC1)N(Cc1ccc(OC)cc1)C(=O)CN(c1ccc(Cl)c(C(F)(F)F)c1)S(C)(=O)=O. The van der Waals surface area contributed by atoms with Crippen molar-refractivity contribution < 1.29 is 35.9 Å². The van der Waals surface area contributed by atoms with E-state index >= 15 is 0 Å². The van der Waals surface area contributed by atoms with Crippen LogP contribution in [0.4, 0.5) is 18.9 Å². The number of carbonyl (C=O) groups is 2. The van der Waals surface area contributed by atoms with Crippen molar-refractivity contribution in [2.24, 2.45) is 0 Å². The highest BCUT2D eigenvalue weighted by Gasteiger charge is 2.36. The first-order valence-electron chi connectivity index (χ1n) is 12.8. The smallest absolute Gasteiger partial charge is 0.417 e. The molecule has 3 rings (SSSR count). The van der Waals surface area contributed by atoms with Crippen molar-refractivity contribution in [1.29, 1.82) is 0 Å². The Kier molecular flexibility index (Phi) is 10.3. The van der Waals surface area contributed by atoms with Gasteiger partial charge in [0.25, 0.3) is 0 Å². The Hall–Kier alpha value is -2.99. The molecule has 1 saturated carbocycles. The number of sulfonamides is 1. The Balaban J connectivity index is 1.97. The minimum Gasteiger partial charge on any atom is -0.497 e. The molecule has 0 aromatic heterocycles. The van der Waals surface area contributed by atoms with Gasteiger partial charge in [-0.15, -0.1) is 0 Å². The summed E-state index contributed by atoms with van der Waals surface area (Å²) in [5.41, 5.74) is -0.955. The molecule has 8 nitrogen and oxygen atoms in total. The molecule has 1 aliphatic rings. The van der Waals surface area contributed by atoms with Crippen LogP contribution in [0.1, 0.15) is 50.2 Å². The van der Waals surface area contributed by atoms with Gasteiger partial charge in [-0.05, 0) is 55.2 Å². The van der Waals surface area contributed by atoms with E-state index in [1.165, 1.54) is 12.0 Å². The highest BCUT2D eigenvalue weighted by molar-refractivity contribution is 7.92. The highest BCUT2D eigenvalue weighted by atomic mass is 35.5. The van der Waals surface area contributed by atoms with E-state index in [1.807, 2.05) is 0 Å². The van der Waals surface area contributed by atoms with E-state index in [2.05, 4.69) is 5.32 Å². The lowest BCUT2D eigenvalue weighted by Crippen LogP contribution is -2.53. The molecule has 1 atom stereocenters. The zero-order chi connectivity index (χ0) is 29.7. The number of hydrogen-bond donors (Lipinski definition) is 1. The van der Waals surface area contributed by atoms with Crippen molar-refractivity contribution in [2.45, 2.75) is 63.8 Å². The summed E-state index contributed by atoms with van der Waals surface area (Å²) in [7, 11) is -2.71. The Labute approximate surface area is 237 Å². The first-order chi connectivity index (χ1) is 18.7. The summed E-state index contributed by atoms with van der Waals surface area (Å²) in [6.45, 7) is 0.878. The van der Waals surface area contributed by atoms with Crippen LogP contribution in [0.15, 0.2) is 42.5 Å². The Morgan fingerprint density at radius 2 is 1.75 bits per heavy atom. The van der Waals surface area contributed by atoms with E-state index in [9.17, 15) is 31.2 Å². The number of halogens is 4. The number of benzene rings is 2. The van der Waals surface area contributed by atoms with Crippen molar-refractivity contribution in [3.63, 3.8) is 0 Å². The van der Waals surface area contributed by atoms with E-state index in [1.54, 1.807) is 31.2 Å². The molecule has 1 fully saturated rings. The van der Waals surface area contributed by atoms with Gasteiger partial charge in [0.15, 0.2) is 0 Å². The molecule has 2 aromatic carbocycles. The molecule has 1 aliphatic carbocycles. The number of rotatable bonds is 11. The summed E-state index contributed by atoms with van der Waals surface area (Å²) in [6, 6.07) is 8.47. The van der Waals surface area contributed by atoms with Gasteiger partial charge in [-0.25, -0.2) is 8.42 Å². The summed E-state index contributed by atoms with van der Waals surface area (Å²) in [5.74, 6) is -0.537. The minimum absolute atomic E-state index is 0.0122. The number of alkyl halides is 3. The molecule has 0 unspecified atom stereocenters. The second kappa shape index (κ2) is 13.1. The van der Waals surface area contributed by atoms with Crippen molar-refractivity contribution in [3.05, 3.63) is 58.6 Å². The third kappa shape index (κ3) is 8.03. The average molecular weight is 604 g/mol. The molecule has 2 amide bonds. The fraction of sp³-hybridized carbons (Fsp3) is 0.481. The molecule has 0 saturated heterocycles. The molecule has 0 heterocycles. The number of methoxy groups -OCH3 is 1. The van der Waals surface area contributed by atoms with Crippen LogP contribution >= 0.6 is 11.6 Å². The van der Waals surface area contributed by atoms with Crippen molar-refractivity contribution in [2.75, 3.05) is 24.2 Å². The summed E-state index contributed by atoms with van der Waals surface area (Å²) in [6.07, 6.45) is -0.185. The number of carbonyl (C=O) groups excluding carboxylic acids is 2. The zero-order valence-electron chi connectivity index (χ0n) is 22.5. The highest BCUT2D eigenvalue weighted by Crippen LogP contribution is 2.37. The molecule has 0 spiro atoms. The summed E-state index contributed by atoms with van der Waals surface area (Å²) >= 11 is 5.72. The van der Waals surface area contributed by atoms with Crippen LogP contribution in [0.2, 0.25) is 5.02 Å². The Morgan fingerprint density at radius 1 is 1.12 bits per heavy atom. The maximum Gasteiger partial charge on any atom is 0.417 e. The monoisotopic (exact) mass is 603 g/mol. The molecular weight excluding hydrogens is 571 g/mol. The number of amides is 2. The standard InChI is InChI=1S/C27H33ClF3N3O5S/c1-4-24(26(36)32-19-7-5-6-8-19)33(16-18-9-12-21(39-2)13-10-18)25(35)17-34(40(3,37)38)20-11-14-23(28)22(15-20)27(29,30)31/h9-15,19,24H,4-8,16-17H2,1-3H3,(H,32,36)/t24-/m1/s1. The van der Waals surface area contributed by atoms with Gasteiger partial charge in [-0.1, -0.05) is 43.5 Å². The second-order valence-corrected chi connectivity index (χ2v) is 12.0. The lowest BCUT2D eigenvalue weighted by Gasteiger charge is -2.33. The number of nitrogens with zero attached hydrogens (tertiary/aromatic N) is 2. The van der Waals surface area contributed by atoms with Crippen LogP contribution in [-0.2, 0) is 32.3 Å². The topological polar surface area (TPSA) is 96.0 Å². The van der Waals surface area contributed by atoms with Crippen LogP contribution in [0.3, 0.4) is 0 Å². The van der Waals surface area contributed by atoms with Crippen molar-refractivity contribution in [3.8, 4) is 5.75 Å². The third-order valence-corrected chi connectivity index (χ3v) is 8.29. The van der Waals surface area contributed by atoms with E-state index in [-0.39, 0.29) is 30.6 Å². The fourth-order valence-electron chi connectivity index (χ4n) is 4.71. The molecule has 0 bridgehead atoms. The molecule has 0 aliphatic heterocycles. The van der Waals surface area contributed by atoms with Gasteiger partial charge < -0.3 is 15.0 Å². The third-order valence-electron chi connectivity index (χ3n) is 6.82. The largest absolute Gasteiger partial charge is 0.497 e. The average Bonchev–Trinajstić information content (AvgIpc) is 3.39. The van der Waals surface area contributed by atoms with E-state index in [0.29, 0.717) is 21.7 Å². The van der Waals surface area contributed by atoms with Gasteiger partial charge >= 0.3 is 6.18 Å². The van der Waals surface area contributed by atoms with Gasteiger partial charge in [0, 0.05) is 12.6 Å². The first-order valence-corrected chi connectivity index (χ1v) is 15.0. The van der Waals surface area contributed by atoms with E-state index in [4.69, 9.17) is 16.3 Å². The van der Waals surface area contributed by atoms with Gasteiger partial charge in [0.2, 0.25) is 21.8 Å². The Bertz CT molecular complexity index is 1300. The first kappa shape index (κ1) is 31.5.